The molecule has 2 aliphatic heterocycles. The summed E-state index contributed by atoms with van der Waals surface area (Å²) in [7, 11) is 0. The maximum Gasteiger partial charge on any atom is 0.253 e. The van der Waals surface area contributed by atoms with Crippen molar-refractivity contribution in [3.63, 3.8) is 0 Å². The Hall–Kier alpha value is -4.46. The molecule has 0 spiro atoms. The number of amides is 2. The molecule has 3 aromatic rings. The van der Waals surface area contributed by atoms with Gasteiger partial charge in [-0.1, -0.05) is 24.3 Å². The summed E-state index contributed by atoms with van der Waals surface area (Å²) in [4.78, 5) is 48.3. The fourth-order valence-corrected chi connectivity index (χ4v) is 6.82. The molecule has 10 nitrogen and oxygen atoms in total. The second kappa shape index (κ2) is 15.4. The largest absolute Gasteiger partial charge is 0.379 e. The van der Waals surface area contributed by atoms with Crippen LogP contribution in [0.15, 0.2) is 47.3 Å². The second-order valence-corrected chi connectivity index (χ2v) is 12.6. The zero-order valence-corrected chi connectivity index (χ0v) is 28.0. The summed E-state index contributed by atoms with van der Waals surface area (Å²) in [6, 6.07) is 16.7. The number of nitrogens with one attached hydrogen (secondary N) is 2. The molecule has 0 atom stereocenters. The van der Waals surface area contributed by atoms with E-state index in [1.807, 2.05) is 39.0 Å². The lowest BCUT2D eigenvalue weighted by Gasteiger charge is -2.40. The number of likely N-dealkylation sites (tertiary alicyclic amines) is 1. The van der Waals surface area contributed by atoms with E-state index in [9.17, 15) is 14.4 Å². The Balaban J connectivity index is 1.45. The van der Waals surface area contributed by atoms with Gasteiger partial charge in [-0.25, -0.2) is 0 Å². The maximum atomic E-state index is 13.9. The molecule has 2 amide bonds. The van der Waals surface area contributed by atoms with E-state index in [1.54, 1.807) is 4.90 Å². The highest BCUT2D eigenvalue weighted by molar-refractivity contribution is 5.99. The molecule has 0 aliphatic carbocycles. The maximum absolute atomic E-state index is 13.9. The molecule has 2 N–H and O–H groups in total. The summed E-state index contributed by atoms with van der Waals surface area (Å²) in [6.07, 6.45) is 1.46. The van der Waals surface area contributed by atoms with Crippen molar-refractivity contribution in [1.29, 1.82) is 5.26 Å². The van der Waals surface area contributed by atoms with Crippen LogP contribution < -0.4 is 15.8 Å². The van der Waals surface area contributed by atoms with E-state index in [-0.39, 0.29) is 36.4 Å². The standard InChI is InChI=1S/C37H46N6O4/c1-5-43(31-11-14-42(15-12-31)35(44)10-13-38)34-22-30(29-8-6-28(7-9-29)24-41-16-18-47-19-17-41)21-32(27(34)4)36(45)39-23-33-25(2)20-26(3)40-37(33)46/h6-9,20-22,31H,5,10-12,14-19,23-24H2,1-4H3,(H,39,45)(H,40,46). The van der Waals surface area contributed by atoms with Crippen molar-refractivity contribution >= 4 is 17.5 Å². The third-order valence-corrected chi connectivity index (χ3v) is 9.48. The molecule has 0 radical (unpaired) electrons. The number of H-pyrrole nitrogens is 1. The number of ether oxygens (including phenoxy) is 1. The van der Waals surface area contributed by atoms with Crippen molar-refractivity contribution in [2.75, 3.05) is 50.8 Å². The number of benzene rings is 2. The molecule has 10 heteroatoms. The first-order chi connectivity index (χ1) is 22.7. The molecule has 0 saturated carbocycles. The minimum Gasteiger partial charge on any atom is -0.379 e. The van der Waals surface area contributed by atoms with E-state index in [0.717, 1.165) is 85.9 Å². The fraction of sp³-hybridized carbons (Fsp3) is 0.459. The van der Waals surface area contributed by atoms with Gasteiger partial charge < -0.3 is 24.8 Å². The Morgan fingerprint density at radius 3 is 2.36 bits per heavy atom. The number of rotatable bonds is 10. The lowest BCUT2D eigenvalue weighted by atomic mass is 9.94. The highest BCUT2D eigenvalue weighted by Crippen LogP contribution is 2.34. The minimum absolute atomic E-state index is 0.0962. The SMILES string of the molecule is CCN(c1cc(-c2ccc(CN3CCOCC3)cc2)cc(C(=O)NCc2c(C)cc(C)[nH]c2=O)c1C)C1CCN(C(=O)CC#N)CC1. The zero-order valence-electron chi connectivity index (χ0n) is 28.0. The van der Waals surface area contributed by atoms with Gasteiger partial charge in [-0.3, -0.25) is 19.3 Å². The average Bonchev–Trinajstić information content (AvgIpc) is 3.06. The number of morpholine rings is 1. The first-order valence-electron chi connectivity index (χ1n) is 16.6. The molecule has 47 heavy (non-hydrogen) atoms. The summed E-state index contributed by atoms with van der Waals surface area (Å²) in [5.41, 5.74) is 7.59. The normalized spacial score (nSPS) is 15.7. The van der Waals surface area contributed by atoms with Crippen LogP contribution >= 0.6 is 0 Å². The summed E-state index contributed by atoms with van der Waals surface area (Å²) >= 11 is 0. The van der Waals surface area contributed by atoms with Crippen molar-refractivity contribution in [3.8, 4) is 17.2 Å². The quantitative estimate of drug-likeness (QED) is 0.336. The number of anilines is 1. The van der Waals surface area contributed by atoms with Crippen LogP contribution in [-0.4, -0.2) is 78.6 Å². The monoisotopic (exact) mass is 638 g/mol. The van der Waals surface area contributed by atoms with Gasteiger partial charge in [0.25, 0.3) is 11.5 Å². The summed E-state index contributed by atoms with van der Waals surface area (Å²) in [5, 5.41) is 12.0. The highest BCUT2D eigenvalue weighted by Gasteiger charge is 2.28. The van der Waals surface area contributed by atoms with Crippen molar-refractivity contribution in [1.82, 2.24) is 20.1 Å². The van der Waals surface area contributed by atoms with Crippen LogP contribution in [0.25, 0.3) is 11.1 Å². The first kappa shape index (κ1) is 33.9. The number of pyridine rings is 1. The molecule has 248 valence electrons. The van der Waals surface area contributed by atoms with E-state index in [4.69, 9.17) is 10.00 Å². The van der Waals surface area contributed by atoms with E-state index in [0.29, 0.717) is 24.2 Å². The number of nitriles is 1. The lowest BCUT2D eigenvalue weighted by Crippen LogP contribution is -2.47. The Bertz CT molecular complexity index is 1680. The number of piperidine rings is 1. The predicted octanol–water partition coefficient (Wildman–Crippen LogP) is 4.46. The van der Waals surface area contributed by atoms with Crippen LogP contribution in [0, 0.1) is 32.1 Å². The van der Waals surface area contributed by atoms with E-state index in [2.05, 4.69) is 57.4 Å². The molecular formula is C37H46N6O4. The highest BCUT2D eigenvalue weighted by atomic mass is 16.5. The summed E-state index contributed by atoms with van der Waals surface area (Å²) in [5.74, 6) is -0.354. The van der Waals surface area contributed by atoms with Gasteiger partial charge in [0.05, 0.1) is 19.3 Å². The van der Waals surface area contributed by atoms with Crippen molar-refractivity contribution in [2.45, 2.75) is 66.1 Å². The number of carbonyl (C=O) groups is 2. The number of nitrogens with zero attached hydrogens (tertiary/aromatic N) is 4. The van der Waals surface area contributed by atoms with Gasteiger partial charge in [0.1, 0.15) is 6.42 Å². The Kier molecular flexibility index (Phi) is 11.1. The van der Waals surface area contributed by atoms with E-state index in [1.165, 1.54) is 5.56 Å². The van der Waals surface area contributed by atoms with Crippen molar-refractivity contribution in [3.05, 3.63) is 86.3 Å². The smallest absolute Gasteiger partial charge is 0.253 e. The number of carbonyl (C=O) groups excluding carboxylic acids is 2. The fourth-order valence-electron chi connectivity index (χ4n) is 6.82. The molecule has 3 heterocycles. The number of aromatic amines is 1. The average molecular weight is 639 g/mol. The molecule has 0 bridgehead atoms. The van der Waals surface area contributed by atoms with Crippen LogP contribution in [0.3, 0.4) is 0 Å². The van der Waals surface area contributed by atoms with Crippen LogP contribution in [-0.2, 0) is 22.6 Å². The molecule has 2 fully saturated rings. The Labute approximate surface area is 277 Å². The third kappa shape index (κ3) is 8.10. The van der Waals surface area contributed by atoms with Crippen molar-refractivity contribution < 1.29 is 14.3 Å². The number of hydrogen-bond donors (Lipinski definition) is 2. The Morgan fingerprint density at radius 1 is 1.02 bits per heavy atom. The molecule has 2 saturated heterocycles. The van der Waals surface area contributed by atoms with E-state index < -0.39 is 0 Å². The summed E-state index contributed by atoms with van der Waals surface area (Å²) in [6.45, 7) is 14.1. The van der Waals surface area contributed by atoms with Gasteiger partial charge >= 0.3 is 0 Å². The minimum atomic E-state index is -0.234. The third-order valence-electron chi connectivity index (χ3n) is 9.48. The van der Waals surface area contributed by atoms with Crippen LogP contribution in [0.5, 0.6) is 0 Å². The number of hydrogen-bond acceptors (Lipinski definition) is 7. The van der Waals surface area contributed by atoms with Crippen LogP contribution in [0.1, 0.15) is 64.5 Å². The topological polar surface area (TPSA) is 122 Å². The molecule has 5 rings (SSSR count). The molecule has 2 aliphatic rings. The summed E-state index contributed by atoms with van der Waals surface area (Å²) < 4.78 is 5.50. The zero-order chi connectivity index (χ0) is 33.5. The second-order valence-electron chi connectivity index (χ2n) is 12.6. The first-order valence-corrected chi connectivity index (χ1v) is 16.6. The molecular weight excluding hydrogens is 592 g/mol. The van der Waals surface area contributed by atoms with Gasteiger partial charge in [-0.15, -0.1) is 0 Å². The van der Waals surface area contributed by atoms with Crippen molar-refractivity contribution in [2.24, 2.45) is 0 Å². The Morgan fingerprint density at radius 2 is 1.72 bits per heavy atom. The van der Waals surface area contributed by atoms with E-state index >= 15 is 0 Å². The van der Waals surface area contributed by atoms with Crippen LogP contribution in [0.4, 0.5) is 5.69 Å². The van der Waals surface area contributed by atoms with Gasteiger partial charge in [-0.05, 0) is 86.6 Å². The molecule has 2 aromatic carbocycles. The molecule has 0 unspecified atom stereocenters. The number of aromatic nitrogens is 1. The number of aryl methyl sites for hydroxylation is 2. The van der Waals surface area contributed by atoms with Gasteiger partial charge in [0, 0.05) is 74.4 Å². The van der Waals surface area contributed by atoms with Gasteiger partial charge in [0.15, 0.2) is 0 Å². The van der Waals surface area contributed by atoms with Gasteiger partial charge in [0.2, 0.25) is 5.91 Å². The molecule has 1 aromatic heterocycles. The predicted molar refractivity (Wildman–Crippen MR) is 183 cm³/mol. The lowest BCUT2D eigenvalue weighted by molar-refractivity contribution is -0.131. The van der Waals surface area contributed by atoms with Crippen LogP contribution in [0.2, 0.25) is 0 Å². The van der Waals surface area contributed by atoms with Gasteiger partial charge in [-0.2, -0.15) is 5.26 Å².